The standard InChI is InChI=1S/C26H28N2O8S/c1-33-23-15-21(26(30)35-3)22(16-24(23)34-2)28-25(29)17-36-19-9-11-20(12-10-19)37(31,32)27-14-13-18-7-5-4-6-8-18/h4-12,15-16,27H,13-14,17H2,1-3H3,(H,28,29). The van der Waals surface area contributed by atoms with Gasteiger partial charge in [-0.3, -0.25) is 4.79 Å². The van der Waals surface area contributed by atoms with Gasteiger partial charge in [0.05, 0.1) is 37.5 Å². The lowest BCUT2D eigenvalue weighted by molar-refractivity contribution is -0.118. The van der Waals surface area contributed by atoms with Gasteiger partial charge in [0.1, 0.15) is 5.75 Å². The van der Waals surface area contributed by atoms with Gasteiger partial charge >= 0.3 is 5.97 Å². The highest BCUT2D eigenvalue weighted by atomic mass is 32.2. The number of hydrogen-bond donors (Lipinski definition) is 2. The molecule has 3 aromatic rings. The first-order valence-corrected chi connectivity index (χ1v) is 12.7. The van der Waals surface area contributed by atoms with E-state index in [2.05, 4.69) is 10.0 Å². The number of amides is 1. The second-order valence-corrected chi connectivity index (χ2v) is 9.45. The minimum atomic E-state index is -3.70. The van der Waals surface area contributed by atoms with E-state index in [1.165, 1.54) is 57.7 Å². The molecule has 0 aromatic heterocycles. The molecule has 3 aromatic carbocycles. The molecule has 3 rings (SSSR count). The fraction of sp³-hybridized carbons (Fsp3) is 0.231. The molecule has 0 saturated heterocycles. The number of hydrogen-bond acceptors (Lipinski definition) is 8. The van der Waals surface area contributed by atoms with Gasteiger partial charge in [0.15, 0.2) is 18.1 Å². The number of ether oxygens (including phenoxy) is 4. The Labute approximate surface area is 215 Å². The van der Waals surface area contributed by atoms with Crippen molar-refractivity contribution in [3.05, 3.63) is 77.9 Å². The summed E-state index contributed by atoms with van der Waals surface area (Å²) in [6, 6.07) is 18.1. The molecule has 0 atom stereocenters. The van der Waals surface area contributed by atoms with Crippen LogP contribution in [-0.2, 0) is 26.0 Å². The van der Waals surface area contributed by atoms with Crippen molar-refractivity contribution < 1.29 is 37.0 Å². The number of benzene rings is 3. The molecule has 1 amide bonds. The third kappa shape index (κ3) is 7.45. The molecule has 0 aliphatic carbocycles. The Bertz CT molecular complexity index is 1330. The number of carbonyl (C=O) groups excluding carboxylic acids is 2. The van der Waals surface area contributed by atoms with Crippen LogP contribution in [0.4, 0.5) is 5.69 Å². The summed E-state index contributed by atoms with van der Waals surface area (Å²) in [5.74, 6) is -0.343. The summed E-state index contributed by atoms with van der Waals surface area (Å²) in [4.78, 5) is 24.7. The van der Waals surface area contributed by atoms with E-state index < -0.39 is 28.5 Å². The molecule has 0 bridgehead atoms. The summed E-state index contributed by atoms with van der Waals surface area (Å²) in [7, 11) is 0.364. The van der Waals surface area contributed by atoms with Gasteiger partial charge in [0.25, 0.3) is 5.91 Å². The van der Waals surface area contributed by atoms with Gasteiger partial charge in [-0.2, -0.15) is 0 Å². The minimum Gasteiger partial charge on any atom is -0.493 e. The van der Waals surface area contributed by atoms with Crippen LogP contribution in [-0.4, -0.2) is 54.8 Å². The molecular weight excluding hydrogens is 500 g/mol. The zero-order valence-corrected chi connectivity index (χ0v) is 21.5. The van der Waals surface area contributed by atoms with E-state index in [-0.39, 0.29) is 22.7 Å². The van der Waals surface area contributed by atoms with Gasteiger partial charge in [0, 0.05) is 18.7 Å². The number of nitrogens with one attached hydrogen (secondary N) is 2. The molecule has 196 valence electrons. The molecule has 0 unspecified atom stereocenters. The number of methoxy groups -OCH3 is 3. The number of rotatable bonds is 12. The van der Waals surface area contributed by atoms with E-state index in [1.807, 2.05) is 30.3 Å². The smallest absolute Gasteiger partial charge is 0.340 e. The van der Waals surface area contributed by atoms with Gasteiger partial charge in [-0.05, 0) is 36.2 Å². The van der Waals surface area contributed by atoms with Gasteiger partial charge < -0.3 is 24.3 Å². The van der Waals surface area contributed by atoms with Crippen LogP contribution < -0.4 is 24.2 Å². The lowest BCUT2D eigenvalue weighted by Gasteiger charge is -2.15. The molecule has 0 saturated carbocycles. The summed E-state index contributed by atoms with van der Waals surface area (Å²) in [5, 5.41) is 2.59. The molecule has 0 radical (unpaired) electrons. The topological polar surface area (TPSA) is 129 Å². The van der Waals surface area contributed by atoms with Crippen molar-refractivity contribution in [2.45, 2.75) is 11.3 Å². The summed E-state index contributed by atoms with van der Waals surface area (Å²) in [6.07, 6.45) is 0.564. The third-order valence-corrected chi connectivity index (χ3v) is 6.73. The number of carbonyl (C=O) groups is 2. The van der Waals surface area contributed by atoms with Crippen molar-refractivity contribution in [1.29, 1.82) is 0 Å². The fourth-order valence-electron chi connectivity index (χ4n) is 3.37. The predicted molar refractivity (Wildman–Crippen MR) is 137 cm³/mol. The van der Waals surface area contributed by atoms with E-state index in [0.29, 0.717) is 23.7 Å². The Morgan fingerprint density at radius 2 is 1.51 bits per heavy atom. The highest BCUT2D eigenvalue weighted by molar-refractivity contribution is 7.89. The van der Waals surface area contributed by atoms with Crippen molar-refractivity contribution in [1.82, 2.24) is 4.72 Å². The molecule has 0 aliphatic heterocycles. The average Bonchev–Trinajstić information content (AvgIpc) is 2.92. The first-order valence-electron chi connectivity index (χ1n) is 11.2. The van der Waals surface area contributed by atoms with Gasteiger partial charge in [-0.15, -0.1) is 0 Å². The summed E-state index contributed by atoms with van der Waals surface area (Å²) < 4.78 is 48.3. The fourth-order valence-corrected chi connectivity index (χ4v) is 4.40. The van der Waals surface area contributed by atoms with Crippen LogP contribution in [0, 0.1) is 0 Å². The van der Waals surface area contributed by atoms with Crippen LogP contribution in [0.1, 0.15) is 15.9 Å². The zero-order valence-electron chi connectivity index (χ0n) is 20.6. The van der Waals surface area contributed by atoms with Crippen molar-refractivity contribution in [3.8, 4) is 17.2 Å². The van der Waals surface area contributed by atoms with E-state index in [0.717, 1.165) is 5.56 Å². The number of esters is 1. The summed E-state index contributed by atoms with van der Waals surface area (Å²) in [5.41, 5.74) is 1.25. The Hall–Kier alpha value is -4.09. The van der Waals surface area contributed by atoms with Crippen LogP contribution in [0.25, 0.3) is 0 Å². The van der Waals surface area contributed by atoms with Crippen LogP contribution in [0.5, 0.6) is 17.2 Å². The van der Waals surface area contributed by atoms with Crippen molar-refractivity contribution >= 4 is 27.6 Å². The van der Waals surface area contributed by atoms with E-state index in [9.17, 15) is 18.0 Å². The largest absolute Gasteiger partial charge is 0.493 e. The van der Waals surface area contributed by atoms with Crippen molar-refractivity contribution in [3.63, 3.8) is 0 Å². The minimum absolute atomic E-state index is 0.0721. The van der Waals surface area contributed by atoms with Crippen LogP contribution >= 0.6 is 0 Å². The molecule has 10 nitrogen and oxygen atoms in total. The van der Waals surface area contributed by atoms with Gasteiger partial charge in [0.2, 0.25) is 10.0 Å². The normalized spacial score (nSPS) is 10.9. The summed E-state index contributed by atoms with van der Waals surface area (Å²) in [6.45, 7) is -0.134. The van der Waals surface area contributed by atoms with Crippen LogP contribution in [0.2, 0.25) is 0 Å². The molecule has 2 N–H and O–H groups in total. The highest BCUT2D eigenvalue weighted by Crippen LogP contribution is 2.33. The molecule has 0 heterocycles. The van der Waals surface area contributed by atoms with E-state index in [4.69, 9.17) is 18.9 Å². The SMILES string of the molecule is COC(=O)c1cc(OC)c(OC)cc1NC(=O)COc1ccc(S(=O)(=O)NCCc2ccccc2)cc1. The maximum absolute atomic E-state index is 12.5. The Morgan fingerprint density at radius 3 is 2.14 bits per heavy atom. The molecule has 11 heteroatoms. The number of anilines is 1. The van der Waals surface area contributed by atoms with E-state index >= 15 is 0 Å². The molecular formula is C26H28N2O8S. The number of sulfonamides is 1. The van der Waals surface area contributed by atoms with Gasteiger partial charge in [-0.25, -0.2) is 17.9 Å². The molecule has 0 aliphatic rings. The highest BCUT2D eigenvalue weighted by Gasteiger charge is 2.19. The predicted octanol–water partition coefficient (Wildman–Crippen LogP) is 3.03. The molecule has 0 spiro atoms. The van der Waals surface area contributed by atoms with Gasteiger partial charge in [-0.1, -0.05) is 30.3 Å². The van der Waals surface area contributed by atoms with E-state index in [1.54, 1.807) is 0 Å². The van der Waals surface area contributed by atoms with Crippen LogP contribution in [0.15, 0.2) is 71.6 Å². The lowest BCUT2D eigenvalue weighted by Crippen LogP contribution is -2.26. The van der Waals surface area contributed by atoms with Crippen molar-refractivity contribution in [2.24, 2.45) is 0 Å². The molecule has 0 fully saturated rings. The third-order valence-electron chi connectivity index (χ3n) is 5.26. The zero-order chi connectivity index (χ0) is 26.8. The lowest BCUT2D eigenvalue weighted by atomic mass is 10.1. The quantitative estimate of drug-likeness (QED) is 0.343. The molecule has 37 heavy (non-hydrogen) atoms. The Balaban J connectivity index is 1.59. The maximum Gasteiger partial charge on any atom is 0.340 e. The Morgan fingerprint density at radius 1 is 0.865 bits per heavy atom. The average molecular weight is 529 g/mol. The Kier molecular flexibility index (Phi) is 9.47. The first-order chi connectivity index (χ1) is 17.8. The second-order valence-electron chi connectivity index (χ2n) is 7.69. The monoisotopic (exact) mass is 528 g/mol. The maximum atomic E-state index is 12.5. The summed E-state index contributed by atoms with van der Waals surface area (Å²) >= 11 is 0. The second kappa shape index (κ2) is 12.7. The van der Waals surface area contributed by atoms with Crippen LogP contribution in [0.3, 0.4) is 0 Å². The van der Waals surface area contributed by atoms with Crippen molar-refractivity contribution in [2.75, 3.05) is 39.8 Å². The first kappa shape index (κ1) is 27.5.